The molecule has 0 amide bonds. The Labute approximate surface area is 116 Å². The summed E-state index contributed by atoms with van der Waals surface area (Å²) in [6.45, 7) is 9.58. The van der Waals surface area contributed by atoms with Crippen LogP contribution < -0.4 is 11.1 Å². The first kappa shape index (κ1) is 16.2. The number of nitrogens with one attached hydrogen (secondary N) is 1. The molecule has 5 heteroatoms. The summed E-state index contributed by atoms with van der Waals surface area (Å²) in [6.07, 6.45) is 2.54. The molecule has 3 N–H and O–H groups in total. The number of ether oxygens (including phenoxy) is 2. The van der Waals surface area contributed by atoms with Crippen molar-refractivity contribution < 1.29 is 9.47 Å². The number of hydrogen-bond acceptors (Lipinski definition) is 3. The molecule has 0 aromatic rings. The highest BCUT2D eigenvalue weighted by molar-refractivity contribution is 5.77. The second kappa shape index (κ2) is 7.70. The first-order chi connectivity index (χ1) is 8.95. The maximum atomic E-state index is 5.94. The van der Waals surface area contributed by atoms with Gasteiger partial charge >= 0.3 is 0 Å². The Balaban J connectivity index is 2.46. The number of nitrogens with two attached hydrogens (primary N) is 1. The Morgan fingerprint density at radius 2 is 2.21 bits per heavy atom. The maximum Gasteiger partial charge on any atom is 0.188 e. The molecule has 112 valence electrons. The summed E-state index contributed by atoms with van der Waals surface area (Å²) in [5, 5.41) is 3.04. The van der Waals surface area contributed by atoms with Crippen molar-refractivity contribution in [2.75, 3.05) is 33.4 Å². The van der Waals surface area contributed by atoms with E-state index in [1.807, 2.05) is 0 Å². The first-order valence-corrected chi connectivity index (χ1v) is 7.09. The van der Waals surface area contributed by atoms with E-state index in [0.29, 0.717) is 25.0 Å². The summed E-state index contributed by atoms with van der Waals surface area (Å²) in [6, 6.07) is 0. The van der Waals surface area contributed by atoms with Gasteiger partial charge in [-0.1, -0.05) is 20.8 Å². The average Bonchev–Trinajstić information content (AvgIpc) is 2.36. The summed E-state index contributed by atoms with van der Waals surface area (Å²) in [5.41, 5.74) is 5.98. The van der Waals surface area contributed by atoms with E-state index in [2.05, 4.69) is 31.1 Å². The van der Waals surface area contributed by atoms with Gasteiger partial charge in [0.25, 0.3) is 0 Å². The van der Waals surface area contributed by atoms with Gasteiger partial charge in [0, 0.05) is 32.7 Å². The van der Waals surface area contributed by atoms with E-state index in [0.717, 1.165) is 26.0 Å². The van der Waals surface area contributed by atoms with Crippen molar-refractivity contribution in [1.29, 1.82) is 0 Å². The zero-order chi connectivity index (χ0) is 14.3. The highest BCUT2D eigenvalue weighted by Gasteiger charge is 2.35. The molecular formula is C14H29N3O2. The van der Waals surface area contributed by atoms with Gasteiger partial charge in [-0.05, 0) is 18.3 Å². The summed E-state index contributed by atoms with van der Waals surface area (Å²) in [5.74, 6) is 0.951. The van der Waals surface area contributed by atoms with Crippen LogP contribution in [0.2, 0.25) is 0 Å². The Hall–Kier alpha value is -0.810. The number of guanidine groups is 1. The summed E-state index contributed by atoms with van der Waals surface area (Å²) in [4.78, 5) is 4.43. The fourth-order valence-electron chi connectivity index (χ4n) is 2.54. The Morgan fingerprint density at radius 1 is 1.47 bits per heavy atom. The third-order valence-corrected chi connectivity index (χ3v) is 3.41. The van der Waals surface area contributed by atoms with Crippen molar-refractivity contribution in [3.05, 3.63) is 0 Å². The van der Waals surface area contributed by atoms with Gasteiger partial charge in [-0.3, -0.25) is 4.99 Å². The maximum absolute atomic E-state index is 5.94. The van der Waals surface area contributed by atoms with E-state index in [9.17, 15) is 0 Å². The van der Waals surface area contributed by atoms with Gasteiger partial charge in [-0.25, -0.2) is 0 Å². The van der Waals surface area contributed by atoms with E-state index in [4.69, 9.17) is 15.2 Å². The number of nitrogens with zero attached hydrogens (tertiary/aromatic N) is 1. The molecule has 0 radical (unpaired) electrons. The van der Waals surface area contributed by atoms with Crippen LogP contribution in [0.3, 0.4) is 0 Å². The summed E-state index contributed by atoms with van der Waals surface area (Å²) in [7, 11) is 1.67. The van der Waals surface area contributed by atoms with Crippen molar-refractivity contribution in [2.24, 2.45) is 22.1 Å². The average molecular weight is 271 g/mol. The van der Waals surface area contributed by atoms with Crippen LogP contribution in [-0.2, 0) is 9.47 Å². The predicted molar refractivity (Wildman–Crippen MR) is 78.3 cm³/mol. The van der Waals surface area contributed by atoms with Crippen molar-refractivity contribution >= 4 is 5.96 Å². The molecule has 0 aliphatic carbocycles. The Bertz CT molecular complexity index is 287. The second-order valence-corrected chi connectivity index (χ2v) is 6.21. The third-order valence-electron chi connectivity index (χ3n) is 3.41. The highest BCUT2D eigenvalue weighted by atomic mass is 16.5. The van der Waals surface area contributed by atoms with Crippen LogP contribution in [0.4, 0.5) is 0 Å². The van der Waals surface area contributed by atoms with E-state index >= 15 is 0 Å². The molecule has 1 aliphatic rings. The lowest BCUT2D eigenvalue weighted by Crippen LogP contribution is -2.42. The standard InChI is InChI=1S/C14H29N3O2/c1-14(2,3)12-11(6-5-8-19-12)10-17-13(15)16-7-9-18-4/h11-12H,5-10H2,1-4H3,(H3,15,16,17). The smallest absolute Gasteiger partial charge is 0.188 e. The number of hydrogen-bond donors (Lipinski definition) is 2. The molecule has 2 unspecified atom stereocenters. The normalized spacial score (nSPS) is 25.4. The topological polar surface area (TPSA) is 68.9 Å². The molecule has 5 nitrogen and oxygen atoms in total. The van der Waals surface area contributed by atoms with Gasteiger partial charge in [0.1, 0.15) is 0 Å². The van der Waals surface area contributed by atoms with Crippen LogP contribution >= 0.6 is 0 Å². The molecular weight excluding hydrogens is 242 g/mol. The third kappa shape index (κ3) is 5.78. The van der Waals surface area contributed by atoms with E-state index in [1.165, 1.54) is 0 Å². The molecule has 0 aromatic heterocycles. The zero-order valence-corrected chi connectivity index (χ0v) is 12.7. The van der Waals surface area contributed by atoms with Crippen LogP contribution in [0.25, 0.3) is 0 Å². The quantitative estimate of drug-likeness (QED) is 0.450. The summed E-state index contributed by atoms with van der Waals surface area (Å²) < 4.78 is 10.9. The second-order valence-electron chi connectivity index (χ2n) is 6.21. The number of methoxy groups -OCH3 is 1. The fourth-order valence-corrected chi connectivity index (χ4v) is 2.54. The van der Waals surface area contributed by atoms with Crippen molar-refractivity contribution in [2.45, 2.75) is 39.7 Å². The minimum atomic E-state index is 0.152. The number of aliphatic imine (C=N–C) groups is 1. The molecule has 0 saturated carbocycles. The van der Waals surface area contributed by atoms with Gasteiger partial charge in [0.15, 0.2) is 5.96 Å². The van der Waals surface area contributed by atoms with Gasteiger partial charge < -0.3 is 20.5 Å². The minimum absolute atomic E-state index is 0.152. The predicted octanol–water partition coefficient (Wildman–Crippen LogP) is 1.38. The largest absolute Gasteiger partial charge is 0.383 e. The van der Waals surface area contributed by atoms with Gasteiger partial charge in [0.05, 0.1) is 12.7 Å². The van der Waals surface area contributed by atoms with E-state index < -0.39 is 0 Å². The van der Waals surface area contributed by atoms with Crippen LogP contribution in [0.1, 0.15) is 33.6 Å². The van der Waals surface area contributed by atoms with Crippen molar-refractivity contribution in [1.82, 2.24) is 5.32 Å². The Morgan fingerprint density at radius 3 is 2.84 bits per heavy atom. The van der Waals surface area contributed by atoms with Crippen LogP contribution in [0, 0.1) is 11.3 Å². The van der Waals surface area contributed by atoms with Gasteiger partial charge in [-0.15, -0.1) is 0 Å². The molecule has 0 bridgehead atoms. The lowest BCUT2D eigenvalue weighted by molar-refractivity contribution is -0.0823. The summed E-state index contributed by atoms with van der Waals surface area (Å²) >= 11 is 0. The molecule has 2 atom stereocenters. The molecule has 1 heterocycles. The molecule has 19 heavy (non-hydrogen) atoms. The monoisotopic (exact) mass is 271 g/mol. The Kier molecular flexibility index (Phi) is 6.58. The lowest BCUT2D eigenvalue weighted by Gasteiger charge is -2.39. The minimum Gasteiger partial charge on any atom is -0.383 e. The van der Waals surface area contributed by atoms with E-state index in [-0.39, 0.29) is 11.5 Å². The molecule has 1 saturated heterocycles. The lowest BCUT2D eigenvalue weighted by atomic mass is 9.78. The molecule has 0 spiro atoms. The van der Waals surface area contributed by atoms with E-state index in [1.54, 1.807) is 7.11 Å². The molecule has 1 aliphatic heterocycles. The van der Waals surface area contributed by atoms with Gasteiger partial charge in [0.2, 0.25) is 0 Å². The van der Waals surface area contributed by atoms with Crippen LogP contribution in [-0.4, -0.2) is 45.5 Å². The molecule has 1 rings (SSSR count). The molecule has 1 fully saturated rings. The highest BCUT2D eigenvalue weighted by Crippen LogP contribution is 2.34. The van der Waals surface area contributed by atoms with Crippen molar-refractivity contribution in [3.8, 4) is 0 Å². The van der Waals surface area contributed by atoms with Crippen LogP contribution in [0.15, 0.2) is 4.99 Å². The number of rotatable bonds is 5. The SMILES string of the molecule is COCCNC(N)=NCC1CCCOC1C(C)(C)C. The first-order valence-electron chi connectivity index (χ1n) is 7.09. The zero-order valence-electron chi connectivity index (χ0n) is 12.7. The van der Waals surface area contributed by atoms with Gasteiger partial charge in [-0.2, -0.15) is 0 Å². The fraction of sp³-hybridized carbons (Fsp3) is 0.929. The van der Waals surface area contributed by atoms with Crippen LogP contribution in [0.5, 0.6) is 0 Å². The van der Waals surface area contributed by atoms with Crippen molar-refractivity contribution in [3.63, 3.8) is 0 Å². The molecule has 0 aromatic carbocycles.